The molecule has 2 heterocycles. The molecule has 5 atom stereocenters. The van der Waals surface area contributed by atoms with Gasteiger partial charge in [-0.05, 0) is 34.6 Å². The molecule has 2 aliphatic heterocycles. The summed E-state index contributed by atoms with van der Waals surface area (Å²) in [6.07, 6.45) is -0.235. The number of methoxy groups -OCH3 is 1. The van der Waals surface area contributed by atoms with Crippen molar-refractivity contribution < 1.29 is 38.0 Å². The van der Waals surface area contributed by atoms with Gasteiger partial charge in [0, 0.05) is 13.7 Å². The minimum Gasteiger partial charge on any atom is -0.461 e. The van der Waals surface area contributed by atoms with Crippen molar-refractivity contribution in [1.82, 2.24) is 4.90 Å². The first-order valence-electron chi connectivity index (χ1n) is 10.3. The molecule has 176 valence electrons. The van der Waals surface area contributed by atoms with E-state index in [0.717, 1.165) is 0 Å². The third-order valence-corrected chi connectivity index (χ3v) is 4.77. The molecule has 31 heavy (non-hydrogen) atoms. The van der Waals surface area contributed by atoms with E-state index in [0.29, 0.717) is 0 Å². The number of carbonyl (C=O) groups excluding carboxylic acids is 2. The van der Waals surface area contributed by atoms with Crippen LogP contribution in [0.5, 0.6) is 0 Å². The normalized spacial score (nSPS) is 27.8. The summed E-state index contributed by atoms with van der Waals surface area (Å²) in [5.74, 6) is -1.35. The largest absolute Gasteiger partial charge is 0.461 e. The van der Waals surface area contributed by atoms with E-state index in [1.54, 1.807) is 40.7 Å². The van der Waals surface area contributed by atoms with Crippen LogP contribution >= 0.6 is 0 Å². The van der Waals surface area contributed by atoms with Gasteiger partial charge in [0.15, 0.2) is 12.1 Å². The van der Waals surface area contributed by atoms with Gasteiger partial charge in [-0.1, -0.05) is 18.7 Å². The topological polar surface area (TPSA) is 92.8 Å². The maximum atomic E-state index is 13.0. The first kappa shape index (κ1) is 25.3. The molecule has 2 saturated heterocycles. The van der Waals surface area contributed by atoms with Gasteiger partial charge >= 0.3 is 12.1 Å². The Morgan fingerprint density at radius 2 is 1.87 bits per heavy atom. The molecule has 0 saturated carbocycles. The van der Waals surface area contributed by atoms with Crippen LogP contribution in [0.2, 0.25) is 0 Å². The van der Waals surface area contributed by atoms with Crippen LogP contribution in [0.1, 0.15) is 41.0 Å². The lowest BCUT2D eigenvalue weighted by Crippen LogP contribution is -2.54. The van der Waals surface area contributed by atoms with Crippen molar-refractivity contribution in [2.45, 2.75) is 83.1 Å². The monoisotopic (exact) mass is 441 g/mol. The van der Waals surface area contributed by atoms with Gasteiger partial charge in [0.2, 0.25) is 0 Å². The predicted molar refractivity (Wildman–Crippen MR) is 112 cm³/mol. The molecule has 0 radical (unpaired) electrons. The van der Waals surface area contributed by atoms with E-state index in [9.17, 15) is 9.59 Å². The fraction of sp³-hybridized carbons (Fsp3) is 0.727. The summed E-state index contributed by atoms with van der Waals surface area (Å²) in [4.78, 5) is 26.9. The summed E-state index contributed by atoms with van der Waals surface area (Å²) >= 11 is 0. The van der Waals surface area contributed by atoms with Crippen LogP contribution in [-0.4, -0.2) is 79.3 Å². The third-order valence-electron chi connectivity index (χ3n) is 4.77. The Labute approximate surface area is 184 Å². The Morgan fingerprint density at radius 3 is 2.42 bits per heavy atom. The van der Waals surface area contributed by atoms with Gasteiger partial charge in [-0.25, -0.2) is 4.79 Å². The number of hydrogen-bond donors (Lipinski definition) is 0. The summed E-state index contributed by atoms with van der Waals surface area (Å²) < 4.78 is 34.3. The number of nitrogens with zero attached hydrogens (tertiary/aromatic N) is 1. The maximum Gasteiger partial charge on any atom is 0.410 e. The second kappa shape index (κ2) is 10.1. The number of rotatable bonds is 9. The number of carbonyl (C=O) groups is 2. The zero-order valence-electron chi connectivity index (χ0n) is 19.3. The molecule has 1 amide bonds. The quantitative estimate of drug-likeness (QED) is 0.398. The highest BCUT2D eigenvalue weighted by molar-refractivity contribution is 5.73. The standard InChI is InChI=1S/C22H35NO8/c1-9-11-23(20(25)31-21(3,4)5)14(13-15(24)27-12-10-2)16-17(26-8)18-19(28-16)30-22(6,7)29-18/h9-10,14,16-19H,1-2,11-13H2,3-8H3/t14-,16+,17-,18+,19+/m0/s1. The molecular weight excluding hydrogens is 406 g/mol. The van der Waals surface area contributed by atoms with Crippen molar-refractivity contribution >= 4 is 12.1 Å². The van der Waals surface area contributed by atoms with Crippen LogP contribution in [0.25, 0.3) is 0 Å². The average Bonchev–Trinajstić information content (AvgIpc) is 3.12. The lowest BCUT2D eigenvalue weighted by Gasteiger charge is -2.37. The smallest absolute Gasteiger partial charge is 0.410 e. The van der Waals surface area contributed by atoms with Crippen molar-refractivity contribution in [3.05, 3.63) is 25.3 Å². The molecule has 0 aromatic rings. The van der Waals surface area contributed by atoms with Crippen molar-refractivity contribution in [3.8, 4) is 0 Å². The van der Waals surface area contributed by atoms with Crippen LogP contribution in [-0.2, 0) is 33.2 Å². The molecule has 0 N–H and O–H groups in total. The first-order chi connectivity index (χ1) is 14.4. The Hall–Kier alpha value is -1.94. The van der Waals surface area contributed by atoms with Crippen molar-refractivity contribution in [2.75, 3.05) is 20.3 Å². The van der Waals surface area contributed by atoms with Crippen molar-refractivity contribution in [2.24, 2.45) is 0 Å². The van der Waals surface area contributed by atoms with Gasteiger partial charge in [-0.15, -0.1) is 6.58 Å². The lowest BCUT2D eigenvalue weighted by molar-refractivity contribution is -0.223. The molecule has 0 spiro atoms. The highest BCUT2D eigenvalue weighted by atomic mass is 16.8. The SMILES string of the molecule is C=CCOC(=O)C[C@@H]([C@H]1O[C@@H]2OC(C)(C)O[C@@H]2[C@H]1OC)N(CC=C)C(=O)OC(C)(C)C. The van der Waals surface area contributed by atoms with E-state index >= 15 is 0 Å². The second-order valence-electron chi connectivity index (χ2n) is 8.93. The molecule has 9 nitrogen and oxygen atoms in total. The van der Waals surface area contributed by atoms with E-state index in [1.165, 1.54) is 18.1 Å². The molecule has 0 aliphatic carbocycles. The summed E-state index contributed by atoms with van der Waals surface area (Å²) in [7, 11) is 1.52. The van der Waals surface area contributed by atoms with Gasteiger partial charge in [-0.3, -0.25) is 9.69 Å². The van der Waals surface area contributed by atoms with Crippen LogP contribution in [0.15, 0.2) is 25.3 Å². The molecular formula is C22H35NO8. The highest BCUT2D eigenvalue weighted by Crippen LogP contribution is 2.40. The van der Waals surface area contributed by atoms with Gasteiger partial charge < -0.3 is 28.4 Å². The Morgan fingerprint density at radius 1 is 1.19 bits per heavy atom. The van der Waals surface area contributed by atoms with E-state index in [2.05, 4.69) is 13.2 Å². The minimum atomic E-state index is -0.832. The molecule has 0 unspecified atom stereocenters. The van der Waals surface area contributed by atoms with Crippen LogP contribution in [0.3, 0.4) is 0 Å². The van der Waals surface area contributed by atoms with Gasteiger partial charge in [0.25, 0.3) is 0 Å². The second-order valence-corrected chi connectivity index (χ2v) is 8.93. The minimum absolute atomic E-state index is 0.0599. The van der Waals surface area contributed by atoms with E-state index in [4.69, 9.17) is 28.4 Å². The van der Waals surface area contributed by atoms with Crippen molar-refractivity contribution in [1.29, 1.82) is 0 Å². The molecule has 2 aliphatic rings. The average molecular weight is 442 g/mol. The summed E-state index contributed by atoms with van der Waals surface area (Å²) in [5.41, 5.74) is -0.728. The highest BCUT2D eigenvalue weighted by Gasteiger charge is 2.58. The number of esters is 1. The molecule has 0 aromatic heterocycles. The Bertz CT molecular complexity index is 671. The van der Waals surface area contributed by atoms with E-state index < -0.39 is 54.1 Å². The third kappa shape index (κ3) is 6.52. The summed E-state index contributed by atoms with van der Waals surface area (Å²) in [6.45, 7) is 16.3. The molecule has 9 heteroatoms. The number of amides is 1. The summed E-state index contributed by atoms with van der Waals surface area (Å²) in [6, 6.07) is -0.768. The summed E-state index contributed by atoms with van der Waals surface area (Å²) in [5, 5.41) is 0. The molecule has 2 rings (SSSR count). The van der Waals surface area contributed by atoms with Crippen LogP contribution in [0, 0.1) is 0 Å². The lowest BCUT2D eigenvalue weighted by atomic mass is 9.99. The van der Waals surface area contributed by atoms with Crippen molar-refractivity contribution in [3.63, 3.8) is 0 Å². The van der Waals surface area contributed by atoms with E-state index in [1.807, 2.05) is 0 Å². The van der Waals surface area contributed by atoms with Crippen LogP contribution in [0.4, 0.5) is 4.79 Å². The van der Waals surface area contributed by atoms with Crippen LogP contribution < -0.4 is 0 Å². The number of ether oxygens (including phenoxy) is 6. The first-order valence-corrected chi connectivity index (χ1v) is 10.3. The fourth-order valence-electron chi connectivity index (χ4n) is 3.67. The number of fused-ring (bicyclic) bond motifs is 1. The molecule has 0 aromatic carbocycles. The maximum absolute atomic E-state index is 13.0. The molecule has 0 bridgehead atoms. The Kier molecular flexibility index (Phi) is 8.27. The van der Waals surface area contributed by atoms with Gasteiger partial charge in [0.05, 0.1) is 12.5 Å². The van der Waals surface area contributed by atoms with Gasteiger partial charge in [-0.2, -0.15) is 0 Å². The van der Waals surface area contributed by atoms with E-state index in [-0.39, 0.29) is 19.6 Å². The Balaban J connectivity index is 2.34. The van der Waals surface area contributed by atoms with Gasteiger partial charge in [0.1, 0.15) is 30.5 Å². The fourth-order valence-corrected chi connectivity index (χ4v) is 3.67. The zero-order chi connectivity index (χ0) is 23.4. The number of hydrogen-bond acceptors (Lipinski definition) is 8. The molecule has 2 fully saturated rings. The predicted octanol–water partition coefficient (Wildman–Crippen LogP) is 2.79. The zero-order valence-corrected chi connectivity index (χ0v) is 19.3.